The van der Waals surface area contributed by atoms with Gasteiger partial charge in [0.2, 0.25) is 5.91 Å². The zero-order valence-electron chi connectivity index (χ0n) is 9.41. The van der Waals surface area contributed by atoms with E-state index in [2.05, 4.69) is 10.3 Å². The highest BCUT2D eigenvalue weighted by Gasteiger charge is 2.05. The molecule has 0 spiro atoms. The van der Waals surface area contributed by atoms with Gasteiger partial charge in [0.05, 0.1) is 17.2 Å². The summed E-state index contributed by atoms with van der Waals surface area (Å²) < 4.78 is 0. The fraction of sp³-hybridized carbons (Fsp3) is 0.600. The Hall–Kier alpha value is -0.940. The van der Waals surface area contributed by atoms with E-state index in [1.54, 1.807) is 23.3 Å². The van der Waals surface area contributed by atoms with Crippen LogP contribution in [0.15, 0.2) is 5.38 Å². The van der Waals surface area contributed by atoms with Crippen molar-refractivity contribution < 1.29 is 4.79 Å². The molecule has 0 fully saturated rings. The number of aryl methyl sites for hydroxylation is 1. The minimum atomic E-state index is 0.115. The molecule has 15 heavy (non-hydrogen) atoms. The van der Waals surface area contributed by atoms with E-state index in [4.69, 9.17) is 0 Å². The Morgan fingerprint density at radius 1 is 1.67 bits per heavy atom. The summed E-state index contributed by atoms with van der Waals surface area (Å²) >= 11 is 1.63. The highest BCUT2D eigenvalue weighted by atomic mass is 32.1. The molecular weight excluding hydrogens is 210 g/mol. The normalized spacial score (nSPS) is 10.3. The topological polar surface area (TPSA) is 45.2 Å². The molecule has 0 aliphatic heterocycles. The maximum absolute atomic E-state index is 11.4. The van der Waals surface area contributed by atoms with Gasteiger partial charge in [0.1, 0.15) is 0 Å². The molecule has 1 rings (SSSR count). The molecule has 0 radical (unpaired) electrons. The Morgan fingerprint density at radius 3 is 2.93 bits per heavy atom. The molecule has 0 aromatic carbocycles. The van der Waals surface area contributed by atoms with Crippen molar-refractivity contribution in [3.05, 3.63) is 16.1 Å². The van der Waals surface area contributed by atoms with Crippen LogP contribution in [0.2, 0.25) is 0 Å². The Morgan fingerprint density at radius 2 is 2.40 bits per heavy atom. The molecule has 0 atom stereocenters. The molecule has 5 heteroatoms. The van der Waals surface area contributed by atoms with Gasteiger partial charge in [0, 0.05) is 25.5 Å². The van der Waals surface area contributed by atoms with E-state index < -0.39 is 0 Å². The van der Waals surface area contributed by atoms with E-state index in [0.717, 1.165) is 17.2 Å². The quantitative estimate of drug-likeness (QED) is 0.817. The van der Waals surface area contributed by atoms with Gasteiger partial charge in [-0.05, 0) is 13.8 Å². The summed E-state index contributed by atoms with van der Waals surface area (Å²) in [7, 11) is 1.80. The molecule has 0 bridgehead atoms. The molecule has 1 amide bonds. The first-order valence-corrected chi connectivity index (χ1v) is 5.87. The molecule has 1 aromatic heterocycles. The van der Waals surface area contributed by atoms with E-state index in [1.807, 2.05) is 19.2 Å². The summed E-state index contributed by atoms with van der Waals surface area (Å²) in [5, 5.41) is 6.15. The van der Waals surface area contributed by atoms with Gasteiger partial charge in [-0.2, -0.15) is 0 Å². The SMILES string of the molecule is CCN(C)C(=O)CNCc1csc(C)n1. The number of hydrogen-bond acceptors (Lipinski definition) is 4. The zero-order valence-corrected chi connectivity index (χ0v) is 10.2. The summed E-state index contributed by atoms with van der Waals surface area (Å²) in [6.45, 7) is 5.72. The van der Waals surface area contributed by atoms with Gasteiger partial charge in [-0.25, -0.2) is 4.98 Å². The van der Waals surface area contributed by atoms with Crippen molar-refractivity contribution in [3.8, 4) is 0 Å². The summed E-state index contributed by atoms with van der Waals surface area (Å²) in [5.41, 5.74) is 1.00. The highest BCUT2D eigenvalue weighted by molar-refractivity contribution is 7.09. The second-order valence-corrected chi connectivity index (χ2v) is 4.43. The van der Waals surface area contributed by atoms with Gasteiger partial charge in [-0.3, -0.25) is 4.79 Å². The fourth-order valence-corrected chi connectivity index (χ4v) is 1.71. The Bertz CT molecular complexity index is 324. The van der Waals surface area contributed by atoms with Crippen LogP contribution in [-0.2, 0) is 11.3 Å². The lowest BCUT2D eigenvalue weighted by Crippen LogP contribution is -2.35. The van der Waals surface area contributed by atoms with Gasteiger partial charge < -0.3 is 10.2 Å². The summed E-state index contributed by atoms with van der Waals surface area (Å²) in [4.78, 5) is 17.4. The first-order chi connectivity index (χ1) is 7.13. The minimum absolute atomic E-state index is 0.115. The van der Waals surface area contributed by atoms with E-state index in [1.165, 1.54) is 0 Å². The number of likely N-dealkylation sites (N-methyl/N-ethyl adjacent to an activating group) is 1. The highest BCUT2D eigenvalue weighted by Crippen LogP contribution is 2.06. The Kier molecular flexibility index (Phi) is 4.71. The van der Waals surface area contributed by atoms with Crippen LogP contribution in [0, 0.1) is 6.92 Å². The van der Waals surface area contributed by atoms with Gasteiger partial charge in [0.15, 0.2) is 0 Å². The fourth-order valence-electron chi connectivity index (χ4n) is 1.10. The molecule has 1 heterocycles. The number of thiazole rings is 1. The number of aromatic nitrogens is 1. The first-order valence-electron chi connectivity index (χ1n) is 4.99. The monoisotopic (exact) mass is 227 g/mol. The van der Waals surface area contributed by atoms with Crippen LogP contribution in [0.1, 0.15) is 17.6 Å². The molecule has 1 aromatic rings. The maximum Gasteiger partial charge on any atom is 0.236 e. The van der Waals surface area contributed by atoms with Crippen LogP contribution < -0.4 is 5.32 Å². The second-order valence-electron chi connectivity index (χ2n) is 3.37. The zero-order chi connectivity index (χ0) is 11.3. The predicted octanol–water partition coefficient (Wildman–Crippen LogP) is 1.02. The average molecular weight is 227 g/mol. The predicted molar refractivity (Wildman–Crippen MR) is 61.9 cm³/mol. The van der Waals surface area contributed by atoms with E-state index in [-0.39, 0.29) is 5.91 Å². The number of rotatable bonds is 5. The van der Waals surface area contributed by atoms with Crippen molar-refractivity contribution in [3.63, 3.8) is 0 Å². The third-order valence-electron chi connectivity index (χ3n) is 2.15. The van der Waals surface area contributed by atoms with Crippen molar-refractivity contribution >= 4 is 17.2 Å². The summed E-state index contributed by atoms with van der Waals surface area (Å²) in [6, 6.07) is 0. The van der Waals surface area contributed by atoms with Crippen molar-refractivity contribution in [2.45, 2.75) is 20.4 Å². The lowest BCUT2D eigenvalue weighted by Gasteiger charge is -2.14. The number of carbonyl (C=O) groups excluding carboxylic acids is 1. The largest absolute Gasteiger partial charge is 0.345 e. The van der Waals surface area contributed by atoms with E-state index >= 15 is 0 Å². The lowest BCUT2D eigenvalue weighted by atomic mass is 10.4. The van der Waals surface area contributed by atoms with Crippen LogP contribution in [0.3, 0.4) is 0 Å². The van der Waals surface area contributed by atoms with Crippen LogP contribution >= 0.6 is 11.3 Å². The number of nitrogens with zero attached hydrogens (tertiary/aromatic N) is 2. The van der Waals surface area contributed by atoms with Crippen LogP contribution in [0.25, 0.3) is 0 Å². The van der Waals surface area contributed by atoms with Gasteiger partial charge in [-0.15, -0.1) is 11.3 Å². The maximum atomic E-state index is 11.4. The Labute approximate surface area is 94.3 Å². The van der Waals surface area contributed by atoms with E-state index in [0.29, 0.717) is 13.1 Å². The van der Waals surface area contributed by atoms with Gasteiger partial charge in [0.25, 0.3) is 0 Å². The second kappa shape index (κ2) is 5.82. The molecule has 0 aliphatic rings. The van der Waals surface area contributed by atoms with Gasteiger partial charge in [-0.1, -0.05) is 0 Å². The minimum Gasteiger partial charge on any atom is -0.345 e. The first kappa shape index (κ1) is 12.1. The van der Waals surface area contributed by atoms with E-state index in [9.17, 15) is 4.79 Å². The van der Waals surface area contributed by atoms with Crippen LogP contribution in [0.5, 0.6) is 0 Å². The molecule has 0 saturated heterocycles. The number of hydrogen-bond donors (Lipinski definition) is 1. The van der Waals surface area contributed by atoms with Crippen LogP contribution in [-0.4, -0.2) is 35.9 Å². The smallest absolute Gasteiger partial charge is 0.236 e. The molecule has 0 saturated carbocycles. The summed E-state index contributed by atoms with van der Waals surface area (Å²) in [6.07, 6.45) is 0. The molecule has 0 aliphatic carbocycles. The van der Waals surface area contributed by atoms with Crippen molar-refractivity contribution in [2.24, 2.45) is 0 Å². The van der Waals surface area contributed by atoms with Crippen molar-refractivity contribution in [1.29, 1.82) is 0 Å². The molecular formula is C10H17N3OS. The molecule has 84 valence electrons. The number of carbonyl (C=O) groups is 1. The average Bonchev–Trinajstić information content (AvgIpc) is 2.63. The third kappa shape index (κ3) is 3.97. The van der Waals surface area contributed by atoms with Crippen LogP contribution in [0.4, 0.5) is 0 Å². The van der Waals surface area contributed by atoms with Crippen molar-refractivity contribution in [1.82, 2.24) is 15.2 Å². The molecule has 1 N–H and O–H groups in total. The summed E-state index contributed by atoms with van der Waals surface area (Å²) in [5.74, 6) is 0.115. The molecule has 4 nitrogen and oxygen atoms in total. The lowest BCUT2D eigenvalue weighted by molar-refractivity contribution is -0.128. The molecule has 0 unspecified atom stereocenters. The van der Waals surface area contributed by atoms with Crippen molar-refractivity contribution in [2.75, 3.05) is 20.1 Å². The Balaban J connectivity index is 2.24. The van der Waals surface area contributed by atoms with Gasteiger partial charge >= 0.3 is 0 Å². The number of amides is 1. The number of nitrogens with one attached hydrogen (secondary N) is 1. The standard InChI is InChI=1S/C10H17N3OS/c1-4-13(3)10(14)6-11-5-9-7-15-8(2)12-9/h7,11H,4-6H2,1-3H3. The third-order valence-corrected chi connectivity index (χ3v) is 2.97.